The van der Waals surface area contributed by atoms with Gasteiger partial charge in [0.2, 0.25) is 5.91 Å². The van der Waals surface area contributed by atoms with Gasteiger partial charge in [0, 0.05) is 49.9 Å². The number of morpholine rings is 1. The Kier molecular flexibility index (Phi) is 4.54. The SMILES string of the molecule is C[C@@H]1COCCN1c1cc([C@H]2CCN(C)C2=O)nc(-c2ccnc3c2C=CC3)n1. The number of likely N-dealkylation sites (tertiary alicyclic amines) is 1. The van der Waals surface area contributed by atoms with Gasteiger partial charge in [0.15, 0.2) is 5.82 Å². The summed E-state index contributed by atoms with van der Waals surface area (Å²) in [6.07, 6.45) is 7.66. The molecule has 5 rings (SSSR count). The number of carbonyl (C=O) groups is 1. The number of fused-ring (bicyclic) bond motifs is 1. The molecule has 2 aliphatic heterocycles. The number of ether oxygens (including phenoxy) is 1. The molecule has 150 valence electrons. The number of nitrogens with zero attached hydrogens (tertiary/aromatic N) is 5. The number of anilines is 1. The molecule has 2 saturated heterocycles. The summed E-state index contributed by atoms with van der Waals surface area (Å²) in [4.78, 5) is 31.1. The molecule has 4 heterocycles. The van der Waals surface area contributed by atoms with Crippen molar-refractivity contribution in [1.29, 1.82) is 0 Å². The van der Waals surface area contributed by atoms with Crippen LogP contribution in [-0.4, -0.2) is 65.2 Å². The second kappa shape index (κ2) is 7.22. The monoisotopic (exact) mass is 391 g/mol. The largest absolute Gasteiger partial charge is 0.377 e. The van der Waals surface area contributed by atoms with Gasteiger partial charge in [-0.25, -0.2) is 9.97 Å². The van der Waals surface area contributed by atoms with Crippen LogP contribution in [0.25, 0.3) is 17.5 Å². The molecule has 0 saturated carbocycles. The summed E-state index contributed by atoms with van der Waals surface area (Å²) in [5, 5.41) is 0. The van der Waals surface area contributed by atoms with Crippen molar-refractivity contribution in [2.45, 2.75) is 31.7 Å². The fraction of sp³-hybridized carbons (Fsp3) is 0.455. The van der Waals surface area contributed by atoms with E-state index in [9.17, 15) is 4.79 Å². The van der Waals surface area contributed by atoms with Crippen LogP contribution in [0, 0.1) is 0 Å². The highest BCUT2D eigenvalue weighted by atomic mass is 16.5. The molecule has 2 fully saturated rings. The number of hydrogen-bond donors (Lipinski definition) is 0. The molecule has 0 aromatic carbocycles. The van der Waals surface area contributed by atoms with E-state index < -0.39 is 0 Å². The third-order valence-corrected chi connectivity index (χ3v) is 6.09. The summed E-state index contributed by atoms with van der Waals surface area (Å²) in [5.74, 6) is 1.47. The zero-order valence-corrected chi connectivity index (χ0v) is 16.8. The van der Waals surface area contributed by atoms with Gasteiger partial charge >= 0.3 is 0 Å². The molecule has 0 unspecified atom stereocenters. The Morgan fingerprint density at radius 2 is 2.14 bits per heavy atom. The Morgan fingerprint density at radius 1 is 1.24 bits per heavy atom. The summed E-state index contributed by atoms with van der Waals surface area (Å²) < 4.78 is 5.61. The Labute approximate surface area is 170 Å². The van der Waals surface area contributed by atoms with Crippen LogP contribution in [0.2, 0.25) is 0 Å². The second-order valence-electron chi connectivity index (χ2n) is 8.02. The van der Waals surface area contributed by atoms with Crippen LogP contribution >= 0.6 is 0 Å². The van der Waals surface area contributed by atoms with E-state index in [1.54, 1.807) is 4.90 Å². The summed E-state index contributed by atoms with van der Waals surface area (Å²) in [6.45, 7) is 5.04. The molecule has 1 amide bonds. The van der Waals surface area contributed by atoms with Crippen molar-refractivity contribution in [1.82, 2.24) is 19.9 Å². The van der Waals surface area contributed by atoms with Gasteiger partial charge in [0.05, 0.1) is 36.6 Å². The van der Waals surface area contributed by atoms with E-state index in [2.05, 4.69) is 29.0 Å². The van der Waals surface area contributed by atoms with E-state index in [-0.39, 0.29) is 17.9 Å². The molecule has 0 N–H and O–H groups in total. The summed E-state index contributed by atoms with van der Waals surface area (Å²) in [5.41, 5.74) is 3.92. The van der Waals surface area contributed by atoms with Gasteiger partial charge in [-0.05, 0) is 19.4 Å². The Morgan fingerprint density at radius 3 is 2.93 bits per heavy atom. The fourth-order valence-electron chi connectivity index (χ4n) is 4.41. The number of pyridine rings is 1. The predicted molar refractivity (Wildman–Crippen MR) is 111 cm³/mol. The van der Waals surface area contributed by atoms with Gasteiger partial charge in [-0.2, -0.15) is 0 Å². The van der Waals surface area contributed by atoms with Crippen LogP contribution in [0.5, 0.6) is 0 Å². The zero-order valence-electron chi connectivity index (χ0n) is 16.8. The fourth-order valence-corrected chi connectivity index (χ4v) is 4.41. The van der Waals surface area contributed by atoms with E-state index in [0.29, 0.717) is 19.0 Å². The van der Waals surface area contributed by atoms with Crippen LogP contribution in [0.3, 0.4) is 0 Å². The summed E-state index contributed by atoms with van der Waals surface area (Å²) in [6, 6.07) is 4.21. The molecule has 7 heteroatoms. The lowest BCUT2D eigenvalue weighted by molar-refractivity contribution is -0.127. The molecule has 2 aromatic heterocycles. The van der Waals surface area contributed by atoms with Crippen molar-refractivity contribution in [2.75, 3.05) is 38.3 Å². The van der Waals surface area contributed by atoms with Crippen LogP contribution < -0.4 is 4.90 Å². The topological polar surface area (TPSA) is 71.5 Å². The van der Waals surface area contributed by atoms with Gasteiger partial charge in [0.25, 0.3) is 0 Å². The van der Waals surface area contributed by atoms with E-state index in [1.165, 1.54) is 0 Å². The quantitative estimate of drug-likeness (QED) is 0.799. The number of hydrogen-bond acceptors (Lipinski definition) is 6. The first-order valence-electron chi connectivity index (χ1n) is 10.2. The normalized spacial score (nSPS) is 23.7. The lowest BCUT2D eigenvalue weighted by atomic mass is 10.0. The molecule has 7 nitrogen and oxygen atoms in total. The Balaban J connectivity index is 1.64. The molecule has 0 bridgehead atoms. The van der Waals surface area contributed by atoms with E-state index in [4.69, 9.17) is 14.7 Å². The van der Waals surface area contributed by atoms with Gasteiger partial charge in [-0.1, -0.05) is 12.2 Å². The molecule has 0 spiro atoms. The molecule has 2 aromatic rings. The maximum atomic E-state index is 12.7. The van der Waals surface area contributed by atoms with Crippen molar-refractivity contribution < 1.29 is 9.53 Å². The minimum atomic E-state index is -0.206. The number of amides is 1. The van der Waals surface area contributed by atoms with Crippen LogP contribution in [0.1, 0.15) is 36.2 Å². The van der Waals surface area contributed by atoms with Gasteiger partial charge in [-0.3, -0.25) is 9.78 Å². The lowest BCUT2D eigenvalue weighted by Gasteiger charge is -2.34. The third-order valence-electron chi connectivity index (χ3n) is 6.09. The van der Waals surface area contributed by atoms with Gasteiger partial charge in [-0.15, -0.1) is 0 Å². The second-order valence-corrected chi connectivity index (χ2v) is 8.02. The first kappa shape index (κ1) is 18.2. The number of allylic oxidation sites excluding steroid dienone is 1. The molecular formula is C22H25N5O2. The minimum absolute atomic E-state index is 0.135. The van der Waals surface area contributed by atoms with Crippen molar-refractivity contribution in [3.63, 3.8) is 0 Å². The standard InChI is InChI=1S/C22H25N5O2/c1-14-13-29-11-10-27(14)20-12-19(17-7-9-26(2)22(17)28)24-21(25-20)16-6-8-23-18-5-3-4-15(16)18/h3-4,6,8,12,14,17H,5,7,9-11,13H2,1-2H3/t14-,17-/m1/s1. The third kappa shape index (κ3) is 3.19. The Hall–Kier alpha value is -2.80. The van der Waals surface area contributed by atoms with Crippen molar-refractivity contribution in [3.8, 4) is 11.4 Å². The van der Waals surface area contributed by atoms with Crippen LogP contribution in [0.15, 0.2) is 24.4 Å². The molecule has 0 radical (unpaired) electrons. The summed E-state index contributed by atoms with van der Waals surface area (Å²) in [7, 11) is 1.86. The maximum absolute atomic E-state index is 12.7. The average molecular weight is 391 g/mol. The zero-order chi connectivity index (χ0) is 20.0. The average Bonchev–Trinajstić information content (AvgIpc) is 3.35. The van der Waals surface area contributed by atoms with Crippen LogP contribution in [-0.2, 0) is 16.0 Å². The maximum Gasteiger partial charge on any atom is 0.231 e. The molecular weight excluding hydrogens is 366 g/mol. The first-order valence-corrected chi connectivity index (χ1v) is 10.2. The van der Waals surface area contributed by atoms with Crippen molar-refractivity contribution in [3.05, 3.63) is 41.4 Å². The van der Waals surface area contributed by atoms with Crippen molar-refractivity contribution >= 4 is 17.8 Å². The minimum Gasteiger partial charge on any atom is -0.377 e. The number of likely N-dealkylation sites (N-methyl/N-ethyl adjacent to an activating group) is 1. The van der Waals surface area contributed by atoms with Crippen molar-refractivity contribution in [2.24, 2.45) is 0 Å². The number of aromatic nitrogens is 3. The smallest absolute Gasteiger partial charge is 0.231 e. The highest BCUT2D eigenvalue weighted by Crippen LogP contribution is 2.33. The molecule has 29 heavy (non-hydrogen) atoms. The highest BCUT2D eigenvalue weighted by Gasteiger charge is 2.33. The highest BCUT2D eigenvalue weighted by molar-refractivity contribution is 5.85. The first-order chi connectivity index (χ1) is 14.1. The molecule has 3 aliphatic rings. The Bertz CT molecular complexity index is 989. The number of rotatable bonds is 3. The van der Waals surface area contributed by atoms with E-state index >= 15 is 0 Å². The summed E-state index contributed by atoms with van der Waals surface area (Å²) >= 11 is 0. The predicted octanol–water partition coefficient (Wildman–Crippen LogP) is 2.28. The van der Waals surface area contributed by atoms with Crippen LogP contribution in [0.4, 0.5) is 5.82 Å². The van der Waals surface area contributed by atoms with E-state index in [0.717, 1.165) is 54.3 Å². The lowest BCUT2D eigenvalue weighted by Crippen LogP contribution is -2.44. The van der Waals surface area contributed by atoms with Gasteiger partial charge < -0.3 is 14.5 Å². The molecule has 2 atom stereocenters. The van der Waals surface area contributed by atoms with E-state index in [1.807, 2.05) is 25.4 Å². The van der Waals surface area contributed by atoms with Gasteiger partial charge in [0.1, 0.15) is 5.82 Å². The molecule has 1 aliphatic carbocycles. The number of carbonyl (C=O) groups excluding carboxylic acids is 1.